The van der Waals surface area contributed by atoms with E-state index in [1.165, 1.54) is 12.3 Å². The van der Waals surface area contributed by atoms with Gasteiger partial charge in [0.15, 0.2) is 0 Å². The largest absolute Gasteiger partial charge is 0.384 e. The highest BCUT2D eigenvalue weighted by Gasteiger charge is 2.11. The Morgan fingerprint density at radius 2 is 2.00 bits per heavy atom. The Morgan fingerprint density at radius 1 is 1.33 bits per heavy atom. The number of halogens is 1. The number of nitrogens with one attached hydrogen (secondary N) is 1. The second-order valence-electron chi connectivity index (χ2n) is 3.91. The zero-order valence-electron chi connectivity index (χ0n) is 9.77. The number of rotatable bonds is 2. The molecule has 18 heavy (non-hydrogen) atoms. The standard InChI is InChI=1S/C13H12ClN3O/c1-8-2-4-9(5-3-8)17-13(18)10-6-12(15)16-7-11(10)14/h2-7H,1H3,(H2,15,16)(H,17,18). The molecule has 1 amide bonds. The van der Waals surface area contributed by atoms with Crippen LogP contribution in [0.1, 0.15) is 15.9 Å². The number of nitrogens with two attached hydrogens (primary N) is 1. The van der Waals surface area contributed by atoms with Crippen LogP contribution in [0.2, 0.25) is 5.02 Å². The number of aromatic nitrogens is 1. The van der Waals surface area contributed by atoms with Crippen molar-refractivity contribution in [3.8, 4) is 0 Å². The number of hydrogen-bond donors (Lipinski definition) is 2. The number of aryl methyl sites for hydroxylation is 1. The van der Waals surface area contributed by atoms with Crippen molar-refractivity contribution >= 4 is 29.0 Å². The Kier molecular flexibility index (Phi) is 3.48. The first-order valence-electron chi connectivity index (χ1n) is 5.35. The van der Waals surface area contributed by atoms with Crippen LogP contribution >= 0.6 is 11.6 Å². The molecule has 0 aliphatic carbocycles. The fourth-order valence-corrected chi connectivity index (χ4v) is 1.65. The summed E-state index contributed by atoms with van der Waals surface area (Å²) in [4.78, 5) is 15.8. The first kappa shape index (κ1) is 12.4. The Labute approximate surface area is 110 Å². The Morgan fingerprint density at radius 3 is 2.67 bits per heavy atom. The van der Waals surface area contributed by atoms with Crippen molar-refractivity contribution < 1.29 is 4.79 Å². The lowest BCUT2D eigenvalue weighted by molar-refractivity contribution is 0.102. The molecule has 2 rings (SSSR count). The first-order valence-corrected chi connectivity index (χ1v) is 5.73. The minimum atomic E-state index is -0.307. The van der Waals surface area contributed by atoms with Crippen molar-refractivity contribution in [2.24, 2.45) is 0 Å². The lowest BCUT2D eigenvalue weighted by atomic mass is 10.2. The SMILES string of the molecule is Cc1ccc(NC(=O)c2cc(N)ncc2Cl)cc1. The van der Waals surface area contributed by atoms with Gasteiger partial charge in [0.25, 0.3) is 5.91 Å². The molecular weight excluding hydrogens is 250 g/mol. The summed E-state index contributed by atoms with van der Waals surface area (Å²) in [5, 5.41) is 3.02. The van der Waals surface area contributed by atoms with Gasteiger partial charge in [0.2, 0.25) is 0 Å². The van der Waals surface area contributed by atoms with E-state index in [0.29, 0.717) is 11.3 Å². The molecule has 1 aromatic carbocycles. The summed E-state index contributed by atoms with van der Waals surface area (Å²) < 4.78 is 0. The average Bonchev–Trinajstić information content (AvgIpc) is 2.35. The normalized spacial score (nSPS) is 10.1. The molecule has 2 aromatic rings. The van der Waals surface area contributed by atoms with Crippen LogP contribution in [0.4, 0.5) is 11.5 Å². The summed E-state index contributed by atoms with van der Waals surface area (Å²) in [6.07, 6.45) is 1.36. The topological polar surface area (TPSA) is 68.0 Å². The third-order valence-electron chi connectivity index (χ3n) is 2.43. The molecule has 0 unspecified atom stereocenters. The van der Waals surface area contributed by atoms with E-state index in [1.54, 1.807) is 0 Å². The van der Waals surface area contributed by atoms with Crippen molar-refractivity contribution in [1.82, 2.24) is 4.98 Å². The quantitative estimate of drug-likeness (QED) is 0.873. The number of amides is 1. The smallest absolute Gasteiger partial charge is 0.257 e. The number of carbonyl (C=O) groups excluding carboxylic acids is 1. The molecule has 0 saturated carbocycles. The lowest BCUT2D eigenvalue weighted by Crippen LogP contribution is -2.13. The highest BCUT2D eigenvalue weighted by molar-refractivity contribution is 6.34. The first-order chi connectivity index (χ1) is 8.56. The predicted molar refractivity (Wildman–Crippen MR) is 72.8 cm³/mol. The molecule has 3 N–H and O–H groups in total. The molecule has 0 saturated heterocycles. The number of pyridine rings is 1. The molecule has 0 spiro atoms. The minimum Gasteiger partial charge on any atom is -0.384 e. The van der Waals surface area contributed by atoms with Gasteiger partial charge in [-0.25, -0.2) is 4.98 Å². The number of nitrogens with zero attached hydrogens (tertiary/aromatic N) is 1. The summed E-state index contributed by atoms with van der Waals surface area (Å²) in [5.74, 6) is -0.0496. The van der Waals surface area contributed by atoms with Gasteiger partial charge in [0.1, 0.15) is 5.82 Å². The number of anilines is 2. The fraction of sp³-hybridized carbons (Fsp3) is 0.0769. The van der Waals surface area contributed by atoms with E-state index in [-0.39, 0.29) is 16.7 Å². The third kappa shape index (κ3) is 2.78. The van der Waals surface area contributed by atoms with Gasteiger partial charge in [-0.2, -0.15) is 0 Å². The number of benzene rings is 1. The zero-order valence-corrected chi connectivity index (χ0v) is 10.5. The van der Waals surface area contributed by atoms with Gasteiger partial charge >= 0.3 is 0 Å². The van der Waals surface area contributed by atoms with Crippen LogP contribution in [0.25, 0.3) is 0 Å². The molecule has 1 aromatic heterocycles. The Bertz CT molecular complexity index is 581. The van der Waals surface area contributed by atoms with Crippen LogP contribution in [-0.4, -0.2) is 10.9 Å². The predicted octanol–water partition coefficient (Wildman–Crippen LogP) is 2.88. The molecule has 0 radical (unpaired) electrons. The molecule has 0 aliphatic heterocycles. The monoisotopic (exact) mass is 261 g/mol. The molecule has 0 aliphatic rings. The van der Waals surface area contributed by atoms with Gasteiger partial charge in [0, 0.05) is 11.9 Å². The summed E-state index contributed by atoms with van der Waals surface area (Å²) in [6.45, 7) is 1.98. The zero-order chi connectivity index (χ0) is 13.1. The summed E-state index contributed by atoms with van der Waals surface area (Å²) in [5.41, 5.74) is 7.67. The number of nitrogen functional groups attached to an aromatic ring is 1. The molecule has 92 valence electrons. The minimum absolute atomic E-state index is 0.258. The van der Waals surface area contributed by atoms with Crippen molar-refractivity contribution in [3.05, 3.63) is 52.7 Å². The van der Waals surface area contributed by atoms with Crippen LogP contribution in [0, 0.1) is 6.92 Å². The molecule has 0 fully saturated rings. The van der Waals surface area contributed by atoms with Crippen LogP contribution in [0.5, 0.6) is 0 Å². The summed E-state index contributed by atoms with van der Waals surface area (Å²) in [7, 11) is 0. The molecule has 0 bridgehead atoms. The number of hydrogen-bond acceptors (Lipinski definition) is 3. The van der Waals surface area contributed by atoms with E-state index >= 15 is 0 Å². The van der Waals surface area contributed by atoms with Gasteiger partial charge in [-0.1, -0.05) is 29.3 Å². The summed E-state index contributed by atoms with van der Waals surface area (Å²) in [6, 6.07) is 8.93. The third-order valence-corrected chi connectivity index (χ3v) is 2.73. The second-order valence-corrected chi connectivity index (χ2v) is 4.32. The van der Waals surface area contributed by atoms with Gasteiger partial charge in [-0.05, 0) is 25.1 Å². The van der Waals surface area contributed by atoms with Crippen molar-refractivity contribution in [2.75, 3.05) is 11.1 Å². The van der Waals surface area contributed by atoms with E-state index in [1.807, 2.05) is 31.2 Å². The maximum absolute atomic E-state index is 12.0. The van der Waals surface area contributed by atoms with Gasteiger partial charge in [0.05, 0.1) is 10.6 Å². The van der Waals surface area contributed by atoms with Crippen LogP contribution < -0.4 is 11.1 Å². The molecule has 0 atom stereocenters. The fourth-order valence-electron chi connectivity index (χ4n) is 1.46. The Balaban J connectivity index is 2.21. The molecule has 5 heteroatoms. The Hall–Kier alpha value is -2.07. The number of carbonyl (C=O) groups is 1. The van der Waals surface area contributed by atoms with E-state index in [9.17, 15) is 4.79 Å². The van der Waals surface area contributed by atoms with Gasteiger partial charge < -0.3 is 11.1 Å². The van der Waals surface area contributed by atoms with Crippen LogP contribution in [0.15, 0.2) is 36.5 Å². The van der Waals surface area contributed by atoms with E-state index < -0.39 is 0 Å². The average molecular weight is 262 g/mol. The van der Waals surface area contributed by atoms with Crippen molar-refractivity contribution in [1.29, 1.82) is 0 Å². The van der Waals surface area contributed by atoms with Gasteiger partial charge in [-0.3, -0.25) is 4.79 Å². The molecular formula is C13H12ClN3O. The summed E-state index contributed by atoms with van der Waals surface area (Å²) >= 11 is 5.90. The van der Waals surface area contributed by atoms with E-state index in [0.717, 1.165) is 5.56 Å². The van der Waals surface area contributed by atoms with Crippen LogP contribution in [0.3, 0.4) is 0 Å². The van der Waals surface area contributed by atoms with Crippen molar-refractivity contribution in [2.45, 2.75) is 6.92 Å². The highest BCUT2D eigenvalue weighted by atomic mass is 35.5. The van der Waals surface area contributed by atoms with Gasteiger partial charge in [-0.15, -0.1) is 0 Å². The van der Waals surface area contributed by atoms with E-state index in [2.05, 4.69) is 10.3 Å². The lowest BCUT2D eigenvalue weighted by Gasteiger charge is -2.07. The molecule has 1 heterocycles. The second kappa shape index (κ2) is 5.06. The molecule has 4 nitrogen and oxygen atoms in total. The maximum atomic E-state index is 12.0. The van der Waals surface area contributed by atoms with Crippen molar-refractivity contribution in [3.63, 3.8) is 0 Å². The maximum Gasteiger partial charge on any atom is 0.257 e. The van der Waals surface area contributed by atoms with Crippen LogP contribution in [-0.2, 0) is 0 Å². The highest BCUT2D eigenvalue weighted by Crippen LogP contribution is 2.18. The van der Waals surface area contributed by atoms with E-state index in [4.69, 9.17) is 17.3 Å².